The maximum absolute atomic E-state index is 11.3. The van der Waals surface area contributed by atoms with E-state index in [-0.39, 0.29) is 5.97 Å². The largest absolute Gasteiger partial charge is 0.478 e. The average Bonchev–Trinajstić information content (AvgIpc) is 2.91. The quantitative estimate of drug-likeness (QED) is 0.797. The van der Waals surface area contributed by atoms with Gasteiger partial charge in [0.1, 0.15) is 0 Å². The fraction of sp³-hybridized carbons (Fsp3) is 0.538. The van der Waals surface area contributed by atoms with E-state index in [1.807, 2.05) is 0 Å². The first-order chi connectivity index (χ1) is 8.79. The second-order valence-corrected chi connectivity index (χ2v) is 4.37. The lowest BCUT2D eigenvalue weighted by molar-refractivity contribution is 0.0600. The van der Waals surface area contributed by atoms with Crippen LogP contribution in [0.25, 0.3) is 0 Å². The van der Waals surface area contributed by atoms with E-state index in [4.69, 9.17) is 4.74 Å². The van der Waals surface area contributed by atoms with E-state index >= 15 is 0 Å². The third-order valence-electron chi connectivity index (χ3n) is 3.09. The molecule has 1 atom stereocenters. The number of rotatable bonds is 5. The number of hydrogen-bond acceptors (Lipinski definition) is 5. The van der Waals surface area contributed by atoms with Crippen LogP contribution in [0.4, 0.5) is 0 Å². The highest BCUT2D eigenvalue weighted by molar-refractivity contribution is 5.89. The number of aromatic nitrogens is 1. The van der Waals surface area contributed by atoms with Gasteiger partial charge in [0.2, 0.25) is 5.88 Å². The van der Waals surface area contributed by atoms with E-state index in [1.54, 1.807) is 18.3 Å². The highest BCUT2D eigenvalue weighted by Gasteiger charge is 2.14. The van der Waals surface area contributed by atoms with E-state index < -0.39 is 0 Å². The summed E-state index contributed by atoms with van der Waals surface area (Å²) in [5.41, 5.74) is 0.463. The molecule has 1 N–H and O–H groups in total. The smallest absolute Gasteiger partial charge is 0.338 e. The van der Waals surface area contributed by atoms with Gasteiger partial charge in [-0.15, -0.1) is 0 Å². The molecule has 1 aliphatic rings. The Hall–Kier alpha value is -1.62. The molecule has 1 saturated heterocycles. The highest BCUT2D eigenvalue weighted by Crippen LogP contribution is 2.14. The lowest BCUT2D eigenvalue weighted by Gasteiger charge is -2.09. The zero-order valence-electron chi connectivity index (χ0n) is 10.5. The van der Waals surface area contributed by atoms with Crippen LogP contribution in [0.15, 0.2) is 18.3 Å². The van der Waals surface area contributed by atoms with Gasteiger partial charge in [-0.3, -0.25) is 0 Å². The number of carbonyl (C=O) groups excluding carboxylic acids is 1. The summed E-state index contributed by atoms with van der Waals surface area (Å²) in [6.07, 6.45) is 3.77. The SMILES string of the molecule is COC(=O)c1ccnc(OCCC2CCNC2)c1. The predicted octanol–water partition coefficient (Wildman–Crippen LogP) is 1.25. The van der Waals surface area contributed by atoms with E-state index in [1.165, 1.54) is 13.5 Å². The van der Waals surface area contributed by atoms with Crippen LogP contribution in [0.1, 0.15) is 23.2 Å². The van der Waals surface area contributed by atoms with Crippen molar-refractivity contribution in [2.75, 3.05) is 26.8 Å². The van der Waals surface area contributed by atoms with Crippen molar-refractivity contribution in [2.24, 2.45) is 5.92 Å². The number of esters is 1. The van der Waals surface area contributed by atoms with Crippen molar-refractivity contribution in [3.8, 4) is 5.88 Å². The minimum atomic E-state index is -0.373. The molecule has 0 amide bonds. The van der Waals surface area contributed by atoms with Crippen molar-refractivity contribution < 1.29 is 14.3 Å². The fourth-order valence-corrected chi connectivity index (χ4v) is 2.02. The molecule has 0 spiro atoms. The van der Waals surface area contributed by atoms with Gasteiger partial charge in [0.25, 0.3) is 0 Å². The summed E-state index contributed by atoms with van der Waals surface area (Å²) in [5.74, 6) is 0.792. The molecular formula is C13H18N2O3. The fourth-order valence-electron chi connectivity index (χ4n) is 2.02. The van der Waals surface area contributed by atoms with Crippen LogP contribution in [0, 0.1) is 5.92 Å². The van der Waals surface area contributed by atoms with Crippen molar-refractivity contribution in [2.45, 2.75) is 12.8 Å². The van der Waals surface area contributed by atoms with Crippen molar-refractivity contribution >= 4 is 5.97 Å². The third-order valence-corrected chi connectivity index (χ3v) is 3.09. The molecule has 1 aromatic heterocycles. The summed E-state index contributed by atoms with van der Waals surface area (Å²) in [6.45, 7) is 2.80. The van der Waals surface area contributed by atoms with Crippen molar-refractivity contribution in [3.63, 3.8) is 0 Å². The maximum Gasteiger partial charge on any atom is 0.338 e. The van der Waals surface area contributed by atoms with Crippen LogP contribution < -0.4 is 10.1 Å². The molecule has 5 nitrogen and oxygen atoms in total. The second-order valence-electron chi connectivity index (χ2n) is 4.37. The van der Waals surface area contributed by atoms with Gasteiger partial charge < -0.3 is 14.8 Å². The monoisotopic (exact) mass is 250 g/mol. The van der Waals surface area contributed by atoms with Crippen LogP contribution in [0.2, 0.25) is 0 Å². The minimum Gasteiger partial charge on any atom is -0.478 e. The molecule has 1 aromatic rings. The summed E-state index contributed by atoms with van der Waals surface area (Å²) in [4.78, 5) is 15.4. The first-order valence-corrected chi connectivity index (χ1v) is 6.17. The van der Waals surface area contributed by atoms with Crippen LogP contribution in [0.3, 0.4) is 0 Å². The van der Waals surface area contributed by atoms with E-state index in [0.717, 1.165) is 19.5 Å². The molecule has 0 radical (unpaired) electrons. The van der Waals surface area contributed by atoms with Gasteiger partial charge in [-0.2, -0.15) is 0 Å². The summed E-state index contributed by atoms with van der Waals surface area (Å²) in [7, 11) is 1.36. The number of hydrogen-bond donors (Lipinski definition) is 1. The predicted molar refractivity (Wildman–Crippen MR) is 66.7 cm³/mol. The first-order valence-electron chi connectivity index (χ1n) is 6.17. The van der Waals surface area contributed by atoms with Gasteiger partial charge in [-0.1, -0.05) is 0 Å². The lowest BCUT2D eigenvalue weighted by atomic mass is 10.1. The van der Waals surface area contributed by atoms with Gasteiger partial charge in [0.05, 0.1) is 19.3 Å². The van der Waals surface area contributed by atoms with Gasteiger partial charge in [-0.05, 0) is 37.9 Å². The number of nitrogens with zero attached hydrogens (tertiary/aromatic N) is 1. The van der Waals surface area contributed by atoms with Crippen LogP contribution >= 0.6 is 0 Å². The topological polar surface area (TPSA) is 60.5 Å². The normalized spacial score (nSPS) is 18.6. The Labute approximate surface area is 107 Å². The van der Waals surface area contributed by atoms with Crippen LogP contribution in [-0.4, -0.2) is 37.8 Å². The minimum absolute atomic E-state index is 0.373. The molecule has 1 aliphatic heterocycles. The Balaban J connectivity index is 1.83. The first kappa shape index (κ1) is 12.8. The molecule has 0 bridgehead atoms. The van der Waals surface area contributed by atoms with Crippen molar-refractivity contribution in [3.05, 3.63) is 23.9 Å². The molecule has 0 saturated carbocycles. The lowest BCUT2D eigenvalue weighted by Crippen LogP contribution is -2.12. The summed E-state index contributed by atoms with van der Waals surface area (Å²) < 4.78 is 10.2. The summed E-state index contributed by atoms with van der Waals surface area (Å²) in [6, 6.07) is 3.22. The molecule has 18 heavy (non-hydrogen) atoms. The molecular weight excluding hydrogens is 232 g/mol. The molecule has 1 unspecified atom stereocenters. The zero-order valence-corrected chi connectivity index (χ0v) is 10.5. The molecule has 0 aliphatic carbocycles. The molecule has 2 heterocycles. The third kappa shape index (κ3) is 3.43. The van der Waals surface area contributed by atoms with Gasteiger partial charge in [-0.25, -0.2) is 9.78 Å². The Bertz CT molecular complexity index is 403. The molecule has 1 fully saturated rings. The van der Waals surface area contributed by atoms with Gasteiger partial charge >= 0.3 is 5.97 Å². The average molecular weight is 250 g/mol. The Morgan fingerprint density at radius 1 is 1.61 bits per heavy atom. The summed E-state index contributed by atoms with van der Waals surface area (Å²) in [5, 5.41) is 3.32. The summed E-state index contributed by atoms with van der Waals surface area (Å²) >= 11 is 0. The Morgan fingerprint density at radius 2 is 2.50 bits per heavy atom. The standard InChI is InChI=1S/C13H18N2O3/c1-17-13(16)11-3-6-15-12(8-11)18-7-4-10-2-5-14-9-10/h3,6,8,10,14H,2,4-5,7,9H2,1H3. The number of pyridine rings is 1. The Kier molecular flexibility index (Phi) is 4.52. The van der Waals surface area contributed by atoms with Gasteiger partial charge in [0, 0.05) is 12.3 Å². The van der Waals surface area contributed by atoms with Crippen LogP contribution in [-0.2, 0) is 4.74 Å². The molecule has 2 rings (SSSR count). The molecule has 5 heteroatoms. The van der Waals surface area contributed by atoms with Gasteiger partial charge in [0.15, 0.2) is 0 Å². The number of carbonyl (C=O) groups is 1. The van der Waals surface area contributed by atoms with E-state index in [0.29, 0.717) is 24.0 Å². The number of methoxy groups -OCH3 is 1. The molecule has 98 valence electrons. The second kappa shape index (κ2) is 6.35. The zero-order chi connectivity index (χ0) is 12.8. The highest BCUT2D eigenvalue weighted by atomic mass is 16.5. The van der Waals surface area contributed by atoms with Crippen molar-refractivity contribution in [1.29, 1.82) is 0 Å². The molecule has 0 aromatic carbocycles. The van der Waals surface area contributed by atoms with Crippen LogP contribution in [0.5, 0.6) is 5.88 Å². The maximum atomic E-state index is 11.3. The van der Waals surface area contributed by atoms with E-state index in [9.17, 15) is 4.79 Å². The van der Waals surface area contributed by atoms with E-state index in [2.05, 4.69) is 15.0 Å². The number of ether oxygens (including phenoxy) is 2. The van der Waals surface area contributed by atoms with Crippen molar-refractivity contribution in [1.82, 2.24) is 10.3 Å². The number of nitrogens with one attached hydrogen (secondary N) is 1. The Morgan fingerprint density at radius 3 is 3.22 bits per heavy atom.